The molecule has 0 heterocycles. The van der Waals surface area contributed by atoms with Crippen LogP contribution in [0.3, 0.4) is 0 Å². The van der Waals surface area contributed by atoms with Crippen LogP contribution in [-0.2, 0) is 19.6 Å². The van der Waals surface area contributed by atoms with Gasteiger partial charge in [0, 0.05) is 5.41 Å². The molecule has 0 aromatic rings. The lowest BCUT2D eigenvalue weighted by Crippen LogP contribution is -2.67. The average molecular weight is 400 g/mol. The van der Waals surface area contributed by atoms with Crippen molar-refractivity contribution >= 4 is 16.1 Å². The number of fused-ring (bicyclic) bond motifs is 2. The maximum absolute atomic E-state index is 13.0. The third-order valence-corrected chi connectivity index (χ3v) is 6.31. The van der Waals surface area contributed by atoms with Crippen LogP contribution >= 0.6 is 0 Å². The monoisotopic (exact) mass is 400 g/mol. The van der Waals surface area contributed by atoms with Crippen LogP contribution in [-0.4, -0.2) is 53.9 Å². The molecular formula is C12H14F6O6S. The van der Waals surface area contributed by atoms with Crippen molar-refractivity contribution in [2.24, 2.45) is 11.3 Å². The van der Waals surface area contributed by atoms with Crippen LogP contribution in [0, 0.1) is 11.3 Å². The Morgan fingerprint density at radius 1 is 1.12 bits per heavy atom. The van der Waals surface area contributed by atoms with E-state index in [1.54, 1.807) is 0 Å². The van der Waals surface area contributed by atoms with Crippen molar-refractivity contribution in [3.63, 3.8) is 0 Å². The van der Waals surface area contributed by atoms with E-state index >= 15 is 0 Å². The minimum absolute atomic E-state index is 0.0157. The van der Waals surface area contributed by atoms with Crippen LogP contribution in [0.4, 0.5) is 26.3 Å². The van der Waals surface area contributed by atoms with Crippen molar-refractivity contribution < 1.29 is 54.0 Å². The molecule has 3 atom stereocenters. The SMILES string of the molecule is O=C(OCC12CCC(C1)C(O)C2)C(C(F)(F)F)(C(F)(F)F)S(=O)(=O)O. The summed E-state index contributed by atoms with van der Waals surface area (Å²) in [4.78, 5) is 11.7. The molecular weight excluding hydrogens is 386 g/mol. The first-order valence-corrected chi connectivity index (χ1v) is 8.47. The van der Waals surface area contributed by atoms with Crippen molar-refractivity contribution in [3.8, 4) is 0 Å². The van der Waals surface area contributed by atoms with E-state index < -0.39 is 51.3 Å². The summed E-state index contributed by atoms with van der Waals surface area (Å²) in [6, 6.07) is 0. The molecule has 2 rings (SSSR count). The zero-order valence-corrected chi connectivity index (χ0v) is 13.2. The summed E-state index contributed by atoms with van der Waals surface area (Å²) in [5, 5.41) is 9.66. The zero-order chi connectivity index (χ0) is 19.5. The van der Waals surface area contributed by atoms with Crippen molar-refractivity contribution in [1.82, 2.24) is 0 Å². The second-order valence-corrected chi connectivity index (χ2v) is 8.06. The van der Waals surface area contributed by atoms with E-state index in [9.17, 15) is 44.7 Å². The molecule has 25 heavy (non-hydrogen) atoms. The highest BCUT2D eigenvalue weighted by Crippen LogP contribution is 2.55. The van der Waals surface area contributed by atoms with E-state index in [1.807, 2.05) is 0 Å². The molecule has 13 heteroatoms. The second kappa shape index (κ2) is 5.71. The third-order valence-electron chi connectivity index (χ3n) is 4.91. The molecule has 0 radical (unpaired) electrons. The summed E-state index contributed by atoms with van der Waals surface area (Å²) >= 11 is 0. The van der Waals surface area contributed by atoms with Gasteiger partial charge in [0.25, 0.3) is 0 Å². The average Bonchev–Trinajstić information content (AvgIpc) is 2.89. The van der Waals surface area contributed by atoms with Gasteiger partial charge in [0.15, 0.2) is 0 Å². The van der Waals surface area contributed by atoms with Crippen LogP contribution in [0.15, 0.2) is 0 Å². The van der Waals surface area contributed by atoms with Gasteiger partial charge >= 0.3 is 33.2 Å². The highest BCUT2D eigenvalue weighted by atomic mass is 32.2. The quantitative estimate of drug-likeness (QED) is 0.424. The molecule has 3 unspecified atom stereocenters. The number of carbonyl (C=O) groups is 1. The molecule has 0 aromatic heterocycles. The minimum Gasteiger partial charge on any atom is -0.463 e. The molecule has 2 saturated carbocycles. The summed E-state index contributed by atoms with van der Waals surface area (Å²) in [6.07, 6.45) is -13.2. The fraction of sp³-hybridized carbons (Fsp3) is 0.917. The number of hydrogen-bond donors (Lipinski definition) is 2. The first kappa shape index (κ1) is 20.2. The molecule has 2 aliphatic carbocycles. The number of esters is 1. The first-order chi connectivity index (χ1) is 11.1. The van der Waals surface area contributed by atoms with Crippen LogP contribution in [0.1, 0.15) is 25.7 Å². The maximum Gasteiger partial charge on any atom is 0.430 e. The number of carbonyl (C=O) groups excluding carboxylic acids is 1. The van der Waals surface area contributed by atoms with E-state index in [1.165, 1.54) is 0 Å². The Bertz CT molecular complexity index is 638. The molecule has 2 aliphatic rings. The van der Waals surface area contributed by atoms with Gasteiger partial charge in [-0.1, -0.05) is 0 Å². The van der Waals surface area contributed by atoms with Gasteiger partial charge in [-0.05, 0) is 31.6 Å². The van der Waals surface area contributed by atoms with Gasteiger partial charge in [0.05, 0.1) is 12.7 Å². The number of ether oxygens (including phenoxy) is 1. The molecule has 0 aliphatic heterocycles. The summed E-state index contributed by atoms with van der Waals surface area (Å²) in [5.74, 6) is -3.36. The van der Waals surface area contributed by atoms with Gasteiger partial charge in [-0.2, -0.15) is 34.8 Å². The van der Waals surface area contributed by atoms with Gasteiger partial charge in [-0.25, -0.2) is 4.79 Å². The summed E-state index contributed by atoms with van der Waals surface area (Å²) < 4.78 is 106. The van der Waals surface area contributed by atoms with Crippen molar-refractivity contribution in [2.45, 2.75) is 48.9 Å². The van der Waals surface area contributed by atoms with Gasteiger partial charge in [0.1, 0.15) is 0 Å². The van der Waals surface area contributed by atoms with Crippen molar-refractivity contribution in [1.29, 1.82) is 0 Å². The second-order valence-electron chi connectivity index (χ2n) is 6.50. The van der Waals surface area contributed by atoms with Gasteiger partial charge < -0.3 is 9.84 Å². The molecule has 0 saturated heterocycles. The number of aliphatic hydroxyl groups is 1. The number of halogens is 6. The largest absolute Gasteiger partial charge is 0.463 e. The molecule has 146 valence electrons. The highest BCUT2D eigenvalue weighted by molar-refractivity contribution is 7.88. The predicted molar refractivity (Wildman–Crippen MR) is 67.7 cm³/mol. The predicted octanol–water partition coefficient (Wildman–Crippen LogP) is 1.83. The minimum atomic E-state index is -6.99. The van der Waals surface area contributed by atoms with E-state index in [-0.39, 0.29) is 18.8 Å². The lowest BCUT2D eigenvalue weighted by molar-refractivity contribution is -0.269. The Balaban J connectivity index is 2.34. The Kier molecular flexibility index (Phi) is 4.62. The van der Waals surface area contributed by atoms with Crippen LogP contribution < -0.4 is 0 Å². The summed E-state index contributed by atoms with van der Waals surface area (Å²) in [5.41, 5.74) is -0.998. The van der Waals surface area contributed by atoms with Gasteiger partial charge in [0.2, 0.25) is 0 Å². The van der Waals surface area contributed by atoms with Crippen molar-refractivity contribution in [2.75, 3.05) is 6.61 Å². The van der Waals surface area contributed by atoms with Crippen LogP contribution in [0.5, 0.6) is 0 Å². The fourth-order valence-electron chi connectivity index (χ4n) is 3.68. The first-order valence-electron chi connectivity index (χ1n) is 7.03. The lowest BCUT2D eigenvalue weighted by Gasteiger charge is -2.34. The van der Waals surface area contributed by atoms with E-state index in [0.29, 0.717) is 12.8 Å². The zero-order valence-electron chi connectivity index (χ0n) is 12.4. The molecule has 0 aromatic carbocycles. The molecule has 6 nitrogen and oxygen atoms in total. The third kappa shape index (κ3) is 2.99. The van der Waals surface area contributed by atoms with Gasteiger partial charge in [-0.15, -0.1) is 0 Å². The Morgan fingerprint density at radius 2 is 1.64 bits per heavy atom. The number of alkyl halides is 6. The Labute approximate surface area is 137 Å². The number of hydrogen-bond acceptors (Lipinski definition) is 5. The van der Waals surface area contributed by atoms with Crippen LogP contribution in [0.2, 0.25) is 0 Å². The summed E-state index contributed by atoms with van der Waals surface area (Å²) in [7, 11) is -6.99. The van der Waals surface area contributed by atoms with Crippen molar-refractivity contribution in [3.05, 3.63) is 0 Å². The smallest absolute Gasteiger partial charge is 0.430 e. The normalized spacial score (nSPS) is 30.6. The lowest BCUT2D eigenvalue weighted by atomic mass is 9.84. The number of aliphatic hydroxyl groups excluding tert-OH is 1. The molecule has 0 amide bonds. The molecule has 2 N–H and O–H groups in total. The van der Waals surface area contributed by atoms with Gasteiger partial charge in [-0.3, -0.25) is 4.55 Å². The van der Waals surface area contributed by atoms with E-state index in [2.05, 4.69) is 4.74 Å². The Hall–Kier alpha value is -1.08. The highest BCUT2D eigenvalue weighted by Gasteiger charge is 2.85. The van der Waals surface area contributed by atoms with E-state index in [4.69, 9.17) is 4.55 Å². The molecule has 0 spiro atoms. The Morgan fingerprint density at radius 3 is 1.96 bits per heavy atom. The molecule has 2 fully saturated rings. The maximum atomic E-state index is 13.0. The number of rotatable bonds is 4. The molecule has 2 bridgehead atoms. The standard InChI is InChI=1S/C12H14F6O6S/c13-11(14,15)10(12(16,17)18,25(21,22)23)8(20)24-5-9-2-1-6(3-9)7(19)4-9/h6-7,19H,1-5H2,(H,21,22,23). The fourth-order valence-corrected chi connectivity index (χ4v) is 4.53. The topological polar surface area (TPSA) is 101 Å². The van der Waals surface area contributed by atoms with E-state index in [0.717, 1.165) is 0 Å². The summed E-state index contributed by atoms with van der Waals surface area (Å²) in [6.45, 7) is -0.914. The van der Waals surface area contributed by atoms with Crippen LogP contribution in [0.25, 0.3) is 0 Å².